The maximum Gasteiger partial charge on any atom is 0.275 e. The summed E-state index contributed by atoms with van der Waals surface area (Å²) in [6.45, 7) is -0.0779. The summed E-state index contributed by atoms with van der Waals surface area (Å²) in [5.41, 5.74) is 0.292. The highest BCUT2D eigenvalue weighted by Gasteiger charge is 2.15. The number of Topliss-reactive ketones (excluding diaryl/α,β-unsaturated/α-hetero) is 1. The van der Waals surface area contributed by atoms with Crippen LogP contribution in [0.25, 0.3) is 10.8 Å². The minimum atomic E-state index is -0.258. The SMILES string of the molecule is O=C(Cn1ncc2ccccc2c1=O)c1cc(Br)sc1Br. The van der Waals surface area contributed by atoms with Gasteiger partial charge in [0.2, 0.25) is 0 Å². The first-order chi connectivity index (χ1) is 10.1. The summed E-state index contributed by atoms with van der Waals surface area (Å²) in [4.78, 5) is 24.6. The van der Waals surface area contributed by atoms with Crippen molar-refractivity contribution in [3.05, 3.63) is 60.0 Å². The molecular weight excluding hydrogens is 420 g/mol. The second kappa shape index (κ2) is 5.82. The molecule has 0 aliphatic carbocycles. The fourth-order valence-electron chi connectivity index (χ4n) is 1.99. The molecule has 0 atom stereocenters. The smallest absolute Gasteiger partial charge is 0.275 e. The Kier molecular flexibility index (Phi) is 4.05. The summed E-state index contributed by atoms with van der Waals surface area (Å²) >= 11 is 8.10. The lowest BCUT2D eigenvalue weighted by atomic mass is 10.2. The summed E-state index contributed by atoms with van der Waals surface area (Å²) in [5.74, 6) is -0.159. The molecule has 21 heavy (non-hydrogen) atoms. The highest BCUT2D eigenvalue weighted by Crippen LogP contribution is 2.32. The molecule has 0 spiro atoms. The van der Waals surface area contributed by atoms with Crippen LogP contribution in [0.3, 0.4) is 0 Å². The fraction of sp³-hybridized carbons (Fsp3) is 0.0714. The number of carbonyl (C=O) groups excluding carboxylic acids is 1. The Balaban J connectivity index is 1.99. The molecular formula is C14H8Br2N2O2S. The molecule has 0 saturated carbocycles. The van der Waals surface area contributed by atoms with E-state index in [1.54, 1.807) is 24.4 Å². The molecule has 2 heterocycles. The minimum Gasteiger partial charge on any atom is -0.292 e. The number of hydrogen-bond donors (Lipinski definition) is 0. The van der Waals surface area contributed by atoms with E-state index in [9.17, 15) is 9.59 Å². The monoisotopic (exact) mass is 426 g/mol. The van der Waals surface area contributed by atoms with Crippen LogP contribution in [0.15, 0.2) is 48.9 Å². The molecule has 7 heteroatoms. The Morgan fingerprint density at radius 3 is 2.76 bits per heavy atom. The van der Waals surface area contributed by atoms with Crippen molar-refractivity contribution >= 4 is 59.8 Å². The third-order valence-corrected chi connectivity index (χ3v) is 5.35. The summed E-state index contributed by atoms with van der Waals surface area (Å²) in [7, 11) is 0. The lowest BCUT2D eigenvalue weighted by molar-refractivity contribution is 0.0965. The number of halogens is 2. The summed E-state index contributed by atoms with van der Waals surface area (Å²) in [6.07, 6.45) is 1.60. The van der Waals surface area contributed by atoms with Crippen LogP contribution in [0.5, 0.6) is 0 Å². The molecule has 0 amide bonds. The van der Waals surface area contributed by atoms with Crippen LogP contribution in [0.1, 0.15) is 10.4 Å². The lowest BCUT2D eigenvalue weighted by Crippen LogP contribution is -2.26. The Bertz CT molecular complexity index is 901. The maximum absolute atomic E-state index is 12.3. The second-order valence-electron chi connectivity index (χ2n) is 4.36. The molecule has 0 aliphatic heterocycles. The van der Waals surface area contributed by atoms with Crippen LogP contribution in [0.4, 0.5) is 0 Å². The largest absolute Gasteiger partial charge is 0.292 e. The van der Waals surface area contributed by atoms with E-state index >= 15 is 0 Å². The van der Waals surface area contributed by atoms with Crippen LogP contribution >= 0.6 is 43.2 Å². The zero-order valence-electron chi connectivity index (χ0n) is 10.5. The van der Waals surface area contributed by atoms with Gasteiger partial charge in [0.25, 0.3) is 5.56 Å². The fourth-order valence-corrected chi connectivity index (χ4v) is 4.85. The topological polar surface area (TPSA) is 52.0 Å². The number of aromatic nitrogens is 2. The Morgan fingerprint density at radius 2 is 2.05 bits per heavy atom. The first-order valence-corrected chi connectivity index (χ1v) is 8.39. The number of fused-ring (bicyclic) bond motifs is 1. The van der Waals surface area contributed by atoms with E-state index in [2.05, 4.69) is 37.0 Å². The van der Waals surface area contributed by atoms with Gasteiger partial charge in [-0.3, -0.25) is 9.59 Å². The summed E-state index contributed by atoms with van der Waals surface area (Å²) in [5, 5.41) is 5.40. The Labute approximate surface area is 140 Å². The van der Waals surface area contributed by atoms with E-state index < -0.39 is 0 Å². The van der Waals surface area contributed by atoms with Crippen molar-refractivity contribution in [3.8, 4) is 0 Å². The standard InChI is InChI=1S/C14H8Br2N2O2S/c15-12-5-10(13(16)21-12)11(19)7-18-14(20)9-4-2-1-3-8(9)6-17-18/h1-6H,7H2. The molecule has 4 nitrogen and oxygen atoms in total. The molecule has 3 aromatic rings. The van der Waals surface area contributed by atoms with Crippen molar-refractivity contribution in [2.45, 2.75) is 6.54 Å². The molecule has 0 saturated heterocycles. The number of carbonyl (C=O) groups is 1. The van der Waals surface area contributed by atoms with Gasteiger partial charge in [0, 0.05) is 10.9 Å². The number of ketones is 1. The van der Waals surface area contributed by atoms with E-state index in [0.717, 1.165) is 13.0 Å². The van der Waals surface area contributed by atoms with Crippen molar-refractivity contribution in [1.29, 1.82) is 0 Å². The van der Waals surface area contributed by atoms with Gasteiger partial charge in [0.15, 0.2) is 5.78 Å². The highest BCUT2D eigenvalue weighted by atomic mass is 79.9. The Morgan fingerprint density at radius 1 is 1.29 bits per heavy atom. The third kappa shape index (κ3) is 2.86. The predicted octanol–water partition coefficient (Wildman–Crippen LogP) is 3.87. The zero-order chi connectivity index (χ0) is 15.0. The van der Waals surface area contributed by atoms with E-state index in [-0.39, 0.29) is 17.9 Å². The van der Waals surface area contributed by atoms with Gasteiger partial charge in [-0.2, -0.15) is 5.10 Å². The van der Waals surface area contributed by atoms with Gasteiger partial charge in [-0.25, -0.2) is 4.68 Å². The van der Waals surface area contributed by atoms with E-state index in [0.29, 0.717) is 10.9 Å². The molecule has 0 unspecified atom stereocenters. The average molecular weight is 428 g/mol. The quantitative estimate of drug-likeness (QED) is 0.596. The van der Waals surface area contributed by atoms with Gasteiger partial charge < -0.3 is 0 Å². The predicted molar refractivity (Wildman–Crippen MR) is 90.1 cm³/mol. The van der Waals surface area contributed by atoms with Gasteiger partial charge in [-0.1, -0.05) is 18.2 Å². The molecule has 106 valence electrons. The lowest BCUT2D eigenvalue weighted by Gasteiger charge is -2.04. The minimum absolute atomic E-state index is 0.0779. The zero-order valence-corrected chi connectivity index (χ0v) is 14.5. The first kappa shape index (κ1) is 14.6. The van der Waals surface area contributed by atoms with Crippen LogP contribution in [0.2, 0.25) is 0 Å². The molecule has 0 N–H and O–H groups in total. The third-order valence-electron chi connectivity index (χ3n) is 3.01. The molecule has 3 rings (SSSR count). The van der Waals surface area contributed by atoms with E-state index in [4.69, 9.17) is 0 Å². The summed E-state index contributed by atoms with van der Waals surface area (Å²) < 4.78 is 2.80. The van der Waals surface area contributed by atoms with Crippen molar-refractivity contribution in [1.82, 2.24) is 9.78 Å². The van der Waals surface area contributed by atoms with E-state index in [1.807, 2.05) is 12.1 Å². The molecule has 0 aliphatic rings. The van der Waals surface area contributed by atoms with Crippen molar-refractivity contribution in [2.24, 2.45) is 0 Å². The normalized spacial score (nSPS) is 11.0. The van der Waals surface area contributed by atoms with Crippen LogP contribution in [0, 0.1) is 0 Å². The molecule has 0 fully saturated rings. The van der Waals surface area contributed by atoms with Gasteiger partial charge in [-0.15, -0.1) is 11.3 Å². The highest BCUT2D eigenvalue weighted by molar-refractivity contribution is 9.12. The molecule has 0 bridgehead atoms. The van der Waals surface area contributed by atoms with Crippen LogP contribution < -0.4 is 5.56 Å². The van der Waals surface area contributed by atoms with Gasteiger partial charge in [0.05, 0.1) is 19.2 Å². The number of thiophene rings is 1. The van der Waals surface area contributed by atoms with Crippen molar-refractivity contribution < 1.29 is 4.79 Å². The van der Waals surface area contributed by atoms with Crippen LogP contribution in [-0.2, 0) is 6.54 Å². The van der Waals surface area contributed by atoms with Gasteiger partial charge in [0.1, 0.15) is 6.54 Å². The molecule has 2 aromatic heterocycles. The van der Waals surface area contributed by atoms with E-state index in [1.165, 1.54) is 16.0 Å². The second-order valence-corrected chi connectivity index (χ2v) is 8.11. The number of rotatable bonds is 3. The van der Waals surface area contributed by atoms with Crippen molar-refractivity contribution in [2.75, 3.05) is 0 Å². The Hall–Kier alpha value is -1.31. The van der Waals surface area contributed by atoms with Crippen molar-refractivity contribution in [3.63, 3.8) is 0 Å². The van der Waals surface area contributed by atoms with Gasteiger partial charge >= 0.3 is 0 Å². The average Bonchev–Trinajstić information content (AvgIpc) is 2.81. The first-order valence-electron chi connectivity index (χ1n) is 5.99. The summed E-state index contributed by atoms with van der Waals surface area (Å²) in [6, 6.07) is 8.93. The number of hydrogen-bond acceptors (Lipinski definition) is 4. The molecule has 0 radical (unpaired) electrons. The van der Waals surface area contributed by atoms with Crippen LogP contribution in [-0.4, -0.2) is 15.6 Å². The van der Waals surface area contributed by atoms with Gasteiger partial charge in [-0.05, 0) is 44.0 Å². The maximum atomic E-state index is 12.3. The molecule has 1 aromatic carbocycles. The number of nitrogens with zero attached hydrogens (tertiary/aromatic N) is 2. The number of benzene rings is 1.